The Kier molecular flexibility index (Phi) is 2.74. The number of hydrogen-bond donors (Lipinski definition) is 0. The Morgan fingerprint density at radius 3 is 2.95 bits per heavy atom. The summed E-state index contributed by atoms with van der Waals surface area (Å²) in [5.41, 5.74) is 2.83. The van der Waals surface area contributed by atoms with Gasteiger partial charge in [0.2, 0.25) is 0 Å². The molecule has 20 heavy (non-hydrogen) atoms. The van der Waals surface area contributed by atoms with Crippen LogP contribution in [0.3, 0.4) is 0 Å². The van der Waals surface area contributed by atoms with E-state index < -0.39 is 0 Å². The van der Waals surface area contributed by atoms with Crippen LogP contribution in [0.4, 0.5) is 0 Å². The highest BCUT2D eigenvalue weighted by atomic mass is 15.3. The van der Waals surface area contributed by atoms with E-state index in [0.717, 1.165) is 30.0 Å². The third kappa shape index (κ3) is 2.08. The maximum absolute atomic E-state index is 4.53. The highest BCUT2D eigenvalue weighted by molar-refractivity contribution is 5.58. The summed E-state index contributed by atoms with van der Waals surface area (Å²) in [6.45, 7) is 4.47. The molecule has 3 aromatic heterocycles. The van der Waals surface area contributed by atoms with Crippen LogP contribution in [0.5, 0.6) is 0 Å². The van der Waals surface area contributed by atoms with Crippen molar-refractivity contribution in [3.05, 3.63) is 36.9 Å². The molecule has 0 bridgehead atoms. The second kappa shape index (κ2) is 4.72. The highest BCUT2D eigenvalue weighted by Gasteiger charge is 2.13. The number of hydrogen-bond acceptors (Lipinski definition) is 4. The summed E-state index contributed by atoms with van der Waals surface area (Å²) < 4.78 is 3.78. The van der Waals surface area contributed by atoms with Crippen LogP contribution in [-0.2, 0) is 6.54 Å². The van der Waals surface area contributed by atoms with E-state index in [0.29, 0.717) is 0 Å². The van der Waals surface area contributed by atoms with Gasteiger partial charge in [0.25, 0.3) is 0 Å². The van der Waals surface area contributed by atoms with Gasteiger partial charge in [-0.05, 0) is 31.6 Å². The van der Waals surface area contributed by atoms with Crippen molar-refractivity contribution in [2.24, 2.45) is 0 Å². The van der Waals surface area contributed by atoms with Crippen molar-refractivity contribution in [3.63, 3.8) is 0 Å². The topological polar surface area (TPSA) is 51.3 Å². The molecular formula is C14H16N6. The summed E-state index contributed by atoms with van der Waals surface area (Å²) in [6.07, 6.45) is 8.88. The summed E-state index contributed by atoms with van der Waals surface area (Å²) in [5.74, 6) is 0. The molecule has 1 fully saturated rings. The molecule has 4 heterocycles. The second-order valence-electron chi connectivity index (χ2n) is 5.14. The van der Waals surface area contributed by atoms with Crippen LogP contribution >= 0.6 is 0 Å². The van der Waals surface area contributed by atoms with Crippen LogP contribution in [0.2, 0.25) is 0 Å². The molecule has 6 heteroatoms. The zero-order chi connectivity index (χ0) is 13.4. The fraction of sp³-hybridized carbons (Fsp3) is 0.357. The summed E-state index contributed by atoms with van der Waals surface area (Å²) in [4.78, 5) is 6.64. The molecule has 0 aromatic carbocycles. The van der Waals surface area contributed by atoms with E-state index in [9.17, 15) is 0 Å². The molecule has 0 saturated carbocycles. The van der Waals surface area contributed by atoms with E-state index in [1.807, 2.05) is 29.2 Å². The van der Waals surface area contributed by atoms with Crippen LogP contribution in [0, 0.1) is 0 Å². The number of imidazole rings is 1. The molecule has 0 spiro atoms. The minimum absolute atomic E-state index is 0.860. The van der Waals surface area contributed by atoms with Crippen molar-refractivity contribution < 1.29 is 0 Å². The van der Waals surface area contributed by atoms with Gasteiger partial charge in [-0.1, -0.05) is 0 Å². The smallest absolute Gasteiger partial charge is 0.153 e. The van der Waals surface area contributed by atoms with Crippen molar-refractivity contribution in [1.29, 1.82) is 0 Å². The van der Waals surface area contributed by atoms with Gasteiger partial charge < -0.3 is 4.90 Å². The largest absolute Gasteiger partial charge is 0.301 e. The Morgan fingerprint density at radius 1 is 1.15 bits per heavy atom. The summed E-state index contributed by atoms with van der Waals surface area (Å²) in [7, 11) is 0. The molecule has 0 radical (unpaired) electrons. The quantitative estimate of drug-likeness (QED) is 0.715. The monoisotopic (exact) mass is 268 g/mol. The van der Waals surface area contributed by atoms with Crippen LogP contribution in [0.25, 0.3) is 16.9 Å². The van der Waals surface area contributed by atoms with Crippen LogP contribution in [-0.4, -0.2) is 48.9 Å². The average Bonchev–Trinajstić information content (AvgIpc) is 3.04. The lowest BCUT2D eigenvalue weighted by Crippen LogP contribution is -2.39. The zero-order valence-corrected chi connectivity index (χ0v) is 11.2. The summed E-state index contributed by atoms with van der Waals surface area (Å²) in [6, 6.07) is 3.96. The Labute approximate surface area is 116 Å². The zero-order valence-electron chi connectivity index (χ0n) is 11.2. The summed E-state index contributed by atoms with van der Waals surface area (Å²) in [5, 5.41) is 8.95. The predicted octanol–water partition coefficient (Wildman–Crippen LogP) is 1.30. The second-order valence-corrected chi connectivity index (χ2v) is 5.14. The maximum atomic E-state index is 4.53. The van der Waals surface area contributed by atoms with Gasteiger partial charge in [0.15, 0.2) is 5.65 Å². The van der Waals surface area contributed by atoms with Crippen LogP contribution < -0.4 is 0 Å². The first kappa shape index (κ1) is 11.6. The van der Waals surface area contributed by atoms with Crippen LogP contribution in [0.15, 0.2) is 36.9 Å². The predicted molar refractivity (Wildman–Crippen MR) is 75.3 cm³/mol. The molecule has 1 aliphatic heterocycles. The Balaban J connectivity index is 1.53. The molecular weight excluding hydrogens is 252 g/mol. The first-order valence-corrected chi connectivity index (χ1v) is 6.94. The van der Waals surface area contributed by atoms with Crippen molar-refractivity contribution >= 4 is 5.65 Å². The molecule has 0 unspecified atom stereocenters. The lowest BCUT2D eigenvalue weighted by Gasteiger charge is -2.30. The van der Waals surface area contributed by atoms with Crippen molar-refractivity contribution in [3.8, 4) is 11.3 Å². The third-order valence-corrected chi connectivity index (χ3v) is 3.78. The van der Waals surface area contributed by atoms with Gasteiger partial charge in [0, 0.05) is 30.7 Å². The van der Waals surface area contributed by atoms with Gasteiger partial charge in [-0.15, -0.1) is 0 Å². The van der Waals surface area contributed by atoms with E-state index in [-0.39, 0.29) is 0 Å². The third-order valence-electron chi connectivity index (χ3n) is 3.78. The highest BCUT2D eigenvalue weighted by Crippen LogP contribution is 2.16. The fourth-order valence-electron chi connectivity index (χ4n) is 2.44. The molecule has 0 atom stereocenters. The first-order valence-electron chi connectivity index (χ1n) is 6.94. The number of rotatable bonds is 4. The molecule has 0 aliphatic carbocycles. The molecule has 4 rings (SSSR count). The number of fused-ring (bicyclic) bond motifs is 1. The van der Waals surface area contributed by atoms with E-state index in [4.69, 9.17) is 0 Å². The van der Waals surface area contributed by atoms with Crippen LogP contribution in [0.1, 0.15) is 6.42 Å². The van der Waals surface area contributed by atoms with Gasteiger partial charge in [0.05, 0.1) is 18.4 Å². The number of aromatic nitrogens is 5. The van der Waals surface area contributed by atoms with E-state index in [1.165, 1.54) is 19.5 Å². The van der Waals surface area contributed by atoms with Gasteiger partial charge in [-0.2, -0.15) is 10.2 Å². The maximum Gasteiger partial charge on any atom is 0.153 e. The SMILES string of the molecule is c1cn2nc(-c3cnn(CCN4CCC4)c3)ccc2n1. The van der Waals surface area contributed by atoms with E-state index >= 15 is 0 Å². The van der Waals surface area contributed by atoms with Crippen molar-refractivity contribution in [2.45, 2.75) is 13.0 Å². The first-order chi connectivity index (χ1) is 9.88. The van der Waals surface area contributed by atoms with E-state index in [1.54, 1.807) is 10.7 Å². The molecule has 1 aliphatic rings. The fourth-order valence-corrected chi connectivity index (χ4v) is 2.44. The molecule has 0 N–H and O–H groups in total. The van der Waals surface area contributed by atoms with Crippen molar-refractivity contribution in [2.75, 3.05) is 19.6 Å². The van der Waals surface area contributed by atoms with Gasteiger partial charge in [0.1, 0.15) is 0 Å². The van der Waals surface area contributed by atoms with Gasteiger partial charge in [-0.3, -0.25) is 4.68 Å². The molecule has 6 nitrogen and oxygen atoms in total. The number of nitrogens with zero attached hydrogens (tertiary/aromatic N) is 6. The van der Waals surface area contributed by atoms with E-state index in [2.05, 4.69) is 26.3 Å². The Hall–Kier alpha value is -2.21. The minimum Gasteiger partial charge on any atom is -0.301 e. The summed E-state index contributed by atoms with van der Waals surface area (Å²) >= 11 is 0. The Bertz CT molecular complexity index is 724. The normalized spacial score (nSPS) is 15.6. The molecule has 0 amide bonds. The number of likely N-dealkylation sites (tertiary alicyclic amines) is 1. The van der Waals surface area contributed by atoms with Gasteiger partial charge in [-0.25, -0.2) is 9.50 Å². The average molecular weight is 268 g/mol. The minimum atomic E-state index is 0.860. The lowest BCUT2D eigenvalue weighted by atomic mass is 10.2. The van der Waals surface area contributed by atoms with Gasteiger partial charge >= 0.3 is 0 Å². The lowest BCUT2D eigenvalue weighted by molar-refractivity contribution is 0.172. The molecule has 102 valence electrons. The molecule has 3 aromatic rings. The standard InChI is InChI=1S/C14H16N6/c1-5-18(6-1)8-9-19-11-12(10-16-19)13-2-3-14-15-4-7-20(14)17-13/h2-4,7,10-11H,1,5-6,8-9H2. The Morgan fingerprint density at radius 2 is 2.10 bits per heavy atom. The molecule has 1 saturated heterocycles. The van der Waals surface area contributed by atoms with Crippen molar-refractivity contribution in [1.82, 2.24) is 29.3 Å².